The maximum absolute atomic E-state index is 7.57. The van der Waals surface area contributed by atoms with Crippen LogP contribution in [0, 0.1) is 5.92 Å². The van der Waals surface area contributed by atoms with Gasteiger partial charge in [0.25, 0.3) is 0 Å². The summed E-state index contributed by atoms with van der Waals surface area (Å²) < 4.78 is 5.50. The van der Waals surface area contributed by atoms with Crippen LogP contribution in [-0.4, -0.2) is 24.4 Å². The Morgan fingerprint density at radius 2 is 2.00 bits per heavy atom. The lowest BCUT2D eigenvalue weighted by molar-refractivity contribution is -0.00644. The molecular formula is C10H22O2. The molecule has 0 bridgehead atoms. The van der Waals surface area contributed by atoms with Crippen LogP contribution < -0.4 is 0 Å². The Hall–Kier alpha value is -0.0800. The van der Waals surface area contributed by atoms with E-state index in [0.29, 0.717) is 6.10 Å². The molecule has 0 saturated carbocycles. The summed E-state index contributed by atoms with van der Waals surface area (Å²) in [6.07, 6.45) is 4.28. The molecule has 0 amide bonds. The van der Waals surface area contributed by atoms with Crippen molar-refractivity contribution < 1.29 is 9.84 Å². The number of rotatable bonds is 1. The van der Waals surface area contributed by atoms with Gasteiger partial charge in [-0.2, -0.15) is 0 Å². The van der Waals surface area contributed by atoms with E-state index in [2.05, 4.69) is 13.8 Å². The van der Waals surface area contributed by atoms with Crippen LogP contribution in [0.5, 0.6) is 0 Å². The third-order valence-electron chi connectivity index (χ3n) is 2.08. The molecule has 0 aromatic rings. The Morgan fingerprint density at radius 1 is 1.42 bits per heavy atom. The van der Waals surface area contributed by atoms with Gasteiger partial charge in [-0.15, -0.1) is 0 Å². The standard InChI is InChI=1S/C8H16O.C2H6O/c1-3-8-6-7(2)4-5-9-8;1-2-3/h7-8H,3-6H2,1-2H3;3H,2H2,1H3. The number of ether oxygens (including phenoxy) is 1. The van der Waals surface area contributed by atoms with Gasteiger partial charge in [-0.05, 0) is 32.1 Å². The first kappa shape index (κ1) is 11.9. The maximum atomic E-state index is 7.57. The summed E-state index contributed by atoms with van der Waals surface area (Å²) in [5.74, 6) is 0.892. The lowest BCUT2D eigenvalue weighted by atomic mass is 9.97. The first-order valence-corrected chi connectivity index (χ1v) is 4.97. The van der Waals surface area contributed by atoms with Crippen LogP contribution in [0.4, 0.5) is 0 Å². The first-order chi connectivity index (χ1) is 5.74. The van der Waals surface area contributed by atoms with Gasteiger partial charge in [-0.3, -0.25) is 0 Å². The van der Waals surface area contributed by atoms with Crippen LogP contribution >= 0.6 is 0 Å². The monoisotopic (exact) mass is 174 g/mol. The normalized spacial score (nSPS) is 29.0. The van der Waals surface area contributed by atoms with Crippen molar-refractivity contribution >= 4 is 0 Å². The molecular weight excluding hydrogens is 152 g/mol. The largest absolute Gasteiger partial charge is 0.397 e. The second kappa shape index (κ2) is 7.56. The van der Waals surface area contributed by atoms with Gasteiger partial charge < -0.3 is 9.84 Å². The topological polar surface area (TPSA) is 29.5 Å². The Balaban J connectivity index is 0.000000354. The summed E-state index contributed by atoms with van der Waals surface area (Å²) in [7, 11) is 0. The van der Waals surface area contributed by atoms with E-state index >= 15 is 0 Å². The Morgan fingerprint density at radius 3 is 2.33 bits per heavy atom. The van der Waals surface area contributed by atoms with Gasteiger partial charge in [0.05, 0.1) is 6.10 Å². The summed E-state index contributed by atoms with van der Waals surface area (Å²) in [5.41, 5.74) is 0. The minimum Gasteiger partial charge on any atom is -0.397 e. The van der Waals surface area contributed by atoms with E-state index in [-0.39, 0.29) is 6.61 Å². The zero-order valence-corrected chi connectivity index (χ0v) is 8.55. The minimum atomic E-state index is 0.250. The third kappa shape index (κ3) is 5.56. The molecule has 2 heteroatoms. The molecule has 0 spiro atoms. The molecule has 1 heterocycles. The first-order valence-electron chi connectivity index (χ1n) is 4.97. The van der Waals surface area contributed by atoms with Crippen LogP contribution in [0.1, 0.15) is 40.0 Å². The summed E-state index contributed by atoms with van der Waals surface area (Å²) in [5, 5.41) is 7.57. The smallest absolute Gasteiger partial charge is 0.0575 e. The fourth-order valence-corrected chi connectivity index (χ4v) is 1.36. The second-order valence-corrected chi connectivity index (χ2v) is 3.35. The Bertz CT molecular complexity index is 93.8. The third-order valence-corrected chi connectivity index (χ3v) is 2.08. The van der Waals surface area contributed by atoms with E-state index in [9.17, 15) is 0 Å². The Labute approximate surface area is 75.9 Å². The summed E-state index contributed by atoms with van der Waals surface area (Å²) in [6, 6.07) is 0. The molecule has 1 aliphatic heterocycles. The van der Waals surface area contributed by atoms with Crippen molar-refractivity contribution in [2.45, 2.75) is 46.1 Å². The molecule has 0 aliphatic carbocycles. The highest BCUT2D eigenvalue weighted by Gasteiger charge is 2.16. The van der Waals surface area contributed by atoms with Gasteiger partial charge >= 0.3 is 0 Å². The van der Waals surface area contributed by atoms with E-state index in [1.807, 2.05) is 0 Å². The van der Waals surface area contributed by atoms with Crippen molar-refractivity contribution in [2.75, 3.05) is 13.2 Å². The molecule has 2 atom stereocenters. The number of hydrogen-bond donors (Lipinski definition) is 1. The van der Waals surface area contributed by atoms with Gasteiger partial charge in [-0.1, -0.05) is 13.8 Å². The highest BCUT2D eigenvalue weighted by Crippen LogP contribution is 2.20. The molecule has 1 saturated heterocycles. The van der Waals surface area contributed by atoms with Crippen molar-refractivity contribution in [3.63, 3.8) is 0 Å². The van der Waals surface area contributed by atoms with Gasteiger partial charge in [0.1, 0.15) is 0 Å². The molecule has 12 heavy (non-hydrogen) atoms. The van der Waals surface area contributed by atoms with E-state index in [1.165, 1.54) is 19.3 Å². The highest BCUT2D eigenvalue weighted by atomic mass is 16.5. The minimum absolute atomic E-state index is 0.250. The van der Waals surface area contributed by atoms with Crippen LogP contribution in [0.2, 0.25) is 0 Å². The quantitative estimate of drug-likeness (QED) is 0.660. The zero-order valence-electron chi connectivity index (χ0n) is 8.55. The predicted octanol–water partition coefficient (Wildman–Crippen LogP) is 2.21. The van der Waals surface area contributed by atoms with Crippen LogP contribution in [0.25, 0.3) is 0 Å². The second-order valence-electron chi connectivity index (χ2n) is 3.35. The highest BCUT2D eigenvalue weighted by molar-refractivity contribution is 4.66. The average Bonchev–Trinajstić information content (AvgIpc) is 2.06. The molecule has 1 N–H and O–H groups in total. The van der Waals surface area contributed by atoms with Crippen molar-refractivity contribution in [1.29, 1.82) is 0 Å². The molecule has 2 unspecified atom stereocenters. The average molecular weight is 174 g/mol. The SMILES string of the molecule is CCC1CC(C)CCO1.CCO. The molecule has 0 radical (unpaired) electrons. The summed E-state index contributed by atoms with van der Waals surface area (Å²) in [4.78, 5) is 0. The number of hydrogen-bond acceptors (Lipinski definition) is 2. The fourth-order valence-electron chi connectivity index (χ4n) is 1.36. The van der Waals surface area contributed by atoms with Crippen molar-refractivity contribution in [2.24, 2.45) is 5.92 Å². The van der Waals surface area contributed by atoms with E-state index in [4.69, 9.17) is 9.84 Å². The molecule has 0 aromatic heterocycles. The van der Waals surface area contributed by atoms with Gasteiger partial charge in [-0.25, -0.2) is 0 Å². The molecule has 1 fully saturated rings. The lowest BCUT2D eigenvalue weighted by Gasteiger charge is -2.26. The predicted molar refractivity (Wildman–Crippen MR) is 51.2 cm³/mol. The number of aliphatic hydroxyl groups is 1. The van der Waals surface area contributed by atoms with Crippen LogP contribution in [0.3, 0.4) is 0 Å². The molecule has 74 valence electrons. The molecule has 1 rings (SSSR count). The lowest BCUT2D eigenvalue weighted by Crippen LogP contribution is -2.23. The summed E-state index contributed by atoms with van der Waals surface area (Å²) >= 11 is 0. The molecule has 0 aromatic carbocycles. The van der Waals surface area contributed by atoms with Crippen molar-refractivity contribution in [3.05, 3.63) is 0 Å². The summed E-state index contributed by atoms with van der Waals surface area (Å²) in [6.45, 7) is 7.42. The van der Waals surface area contributed by atoms with E-state index in [0.717, 1.165) is 12.5 Å². The molecule has 1 aliphatic rings. The van der Waals surface area contributed by atoms with Gasteiger partial charge in [0.15, 0.2) is 0 Å². The fraction of sp³-hybridized carbons (Fsp3) is 1.00. The molecule has 2 nitrogen and oxygen atoms in total. The van der Waals surface area contributed by atoms with Crippen molar-refractivity contribution in [1.82, 2.24) is 0 Å². The number of aliphatic hydroxyl groups excluding tert-OH is 1. The van der Waals surface area contributed by atoms with Crippen LogP contribution in [-0.2, 0) is 4.74 Å². The maximum Gasteiger partial charge on any atom is 0.0575 e. The van der Waals surface area contributed by atoms with Crippen LogP contribution in [0.15, 0.2) is 0 Å². The van der Waals surface area contributed by atoms with E-state index in [1.54, 1.807) is 6.92 Å². The van der Waals surface area contributed by atoms with Gasteiger partial charge in [0.2, 0.25) is 0 Å². The van der Waals surface area contributed by atoms with Crippen molar-refractivity contribution in [3.8, 4) is 0 Å². The Kier molecular flexibility index (Phi) is 7.51. The van der Waals surface area contributed by atoms with E-state index < -0.39 is 0 Å². The zero-order chi connectivity index (χ0) is 9.40. The van der Waals surface area contributed by atoms with Gasteiger partial charge in [0, 0.05) is 13.2 Å².